The molecule has 1 heterocycles. The van der Waals surface area contributed by atoms with Gasteiger partial charge in [-0.3, -0.25) is 16.2 Å². The Morgan fingerprint density at radius 2 is 1.79 bits per heavy atom. The first-order chi connectivity index (χ1) is 9.19. The van der Waals surface area contributed by atoms with Crippen LogP contribution in [0, 0.1) is 0 Å². The van der Waals surface area contributed by atoms with E-state index in [4.69, 9.17) is 5.84 Å². The summed E-state index contributed by atoms with van der Waals surface area (Å²) in [7, 11) is 0. The van der Waals surface area contributed by atoms with Crippen molar-refractivity contribution in [1.29, 1.82) is 0 Å². The van der Waals surface area contributed by atoms with Crippen molar-refractivity contribution in [3.63, 3.8) is 0 Å². The van der Waals surface area contributed by atoms with E-state index in [-0.39, 0.29) is 5.54 Å². The summed E-state index contributed by atoms with van der Waals surface area (Å²) in [6.07, 6.45) is 11.8. The number of likely N-dealkylation sites (tertiary alicyclic amines) is 1. The lowest BCUT2D eigenvalue weighted by atomic mass is 9.83. The molecule has 3 nitrogen and oxygen atoms in total. The van der Waals surface area contributed by atoms with E-state index in [0.29, 0.717) is 6.04 Å². The molecule has 1 rings (SSSR count). The highest BCUT2D eigenvalue weighted by Crippen LogP contribution is 2.29. The molecule has 1 aliphatic rings. The van der Waals surface area contributed by atoms with Crippen LogP contribution in [0.5, 0.6) is 0 Å². The van der Waals surface area contributed by atoms with E-state index in [1.807, 2.05) is 0 Å². The maximum atomic E-state index is 5.88. The molecule has 3 heteroatoms. The van der Waals surface area contributed by atoms with Gasteiger partial charge in [0, 0.05) is 11.6 Å². The van der Waals surface area contributed by atoms with E-state index in [0.717, 1.165) is 0 Å². The molecule has 2 unspecified atom stereocenters. The highest BCUT2D eigenvalue weighted by atomic mass is 15.3. The molecule has 114 valence electrons. The second-order valence-corrected chi connectivity index (χ2v) is 6.33. The normalized spacial score (nSPS) is 22.1. The van der Waals surface area contributed by atoms with Crippen molar-refractivity contribution in [3.8, 4) is 0 Å². The highest BCUT2D eigenvalue weighted by Gasteiger charge is 2.37. The number of rotatable bonds is 9. The number of nitrogens with one attached hydrogen (secondary N) is 1. The maximum absolute atomic E-state index is 5.88. The minimum Gasteiger partial charge on any atom is -0.296 e. The summed E-state index contributed by atoms with van der Waals surface area (Å²) in [5.74, 6) is 5.88. The summed E-state index contributed by atoms with van der Waals surface area (Å²) >= 11 is 0. The van der Waals surface area contributed by atoms with Crippen LogP contribution in [0.15, 0.2) is 0 Å². The van der Waals surface area contributed by atoms with Crippen LogP contribution in [0.3, 0.4) is 0 Å². The standard InChI is InChI=1S/C16H35N3/c1-4-6-7-9-12-15(18-17)16(3,5-2)19-13-10-8-11-14-19/h15,18H,4-14,17H2,1-3H3. The molecule has 3 N–H and O–H groups in total. The minimum absolute atomic E-state index is 0.224. The smallest absolute Gasteiger partial charge is 0.0392 e. The van der Waals surface area contributed by atoms with Crippen LogP contribution >= 0.6 is 0 Å². The summed E-state index contributed by atoms with van der Waals surface area (Å²) in [6.45, 7) is 9.48. The lowest BCUT2D eigenvalue weighted by Crippen LogP contribution is -2.61. The van der Waals surface area contributed by atoms with Gasteiger partial charge in [0.1, 0.15) is 0 Å². The van der Waals surface area contributed by atoms with Crippen molar-refractivity contribution < 1.29 is 0 Å². The van der Waals surface area contributed by atoms with Gasteiger partial charge in [0.15, 0.2) is 0 Å². The Balaban J connectivity index is 2.56. The van der Waals surface area contributed by atoms with E-state index in [2.05, 4.69) is 31.1 Å². The first-order valence-electron chi connectivity index (χ1n) is 8.40. The molecule has 0 aromatic rings. The Labute approximate surface area is 120 Å². The third-order valence-corrected chi connectivity index (χ3v) is 5.09. The summed E-state index contributed by atoms with van der Waals surface area (Å²) in [5, 5.41) is 0. The Morgan fingerprint density at radius 1 is 1.11 bits per heavy atom. The topological polar surface area (TPSA) is 41.3 Å². The SMILES string of the molecule is CCCCCCC(NN)C(C)(CC)N1CCCCC1. The number of nitrogens with two attached hydrogens (primary N) is 1. The number of hydrogen-bond donors (Lipinski definition) is 2. The lowest BCUT2D eigenvalue weighted by molar-refractivity contribution is 0.0394. The van der Waals surface area contributed by atoms with Crippen molar-refractivity contribution in [1.82, 2.24) is 10.3 Å². The van der Waals surface area contributed by atoms with E-state index in [1.54, 1.807) is 0 Å². The molecule has 0 aliphatic carbocycles. The largest absolute Gasteiger partial charge is 0.296 e. The fraction of sp³-hybridized carbons (Fsp3) is 1.00. The fourth-order valence-electron chi connectivity index (χ4n) is 3.44. The van der Waals surface area contributed by atoms with Crippen molar-refractivity contribution >= 4 is 0 Å². The van der Waals surface area contributed by atoms with E-state index in [1.165, 1.54) is 70.9 Å². The summed E-state index contributed by atoms with van der Waals surface area (Å²) in [4.78, 5) is 2.68. The maximum Gasteiger partial charge on any atom is 0.0392 e. The van der Waals surface area contributed by atoms with Crippen molar-refractivity contribution in [3.05, 3.63) is 0 Å². The molecule has 0 radical (unpaired) electrons. The lowest BCUT2D eigenvalue weighted by Gasteiger charge is -2.48. The molecule has 0 aromatic carbocycles. The van der Waals surface area contributed by atoms with Gasteiger partial charge in [-0.1, -0.05) is 46.0 Å². The first kappa shape index (κ1) is 16.9. The molecule has 0 aromatic heterocycles. The predicted octanol–water partition coefficient (Wildman–Crippen LogP) is 3.44. The zero-order valence-electron chi connectivity index (χ0n) is 13.4. The predicted molar refractivity (Wildman–Crippen MR) is 84.0 cm³/mol. The van der Waals surface area contributed by atoms with Crippen molar-refractivity contribution in [2.45, 2.75) is 90.1 Å². The van der Waals surface area contributed by atoms with Gasteiger partial charge in [-0.05, 0) is 45.7 Å². The molecular formula is C16H35N3. The molecule has 2 atom stereocenters. The third-order valence-electron chi connectivity index (χ3n) is 5.09. The number of hydrazine groups is 1. The van der Waals surface area contributed by atoms with Crippen LogP contribution < -0.4 is 11.3 Å². The molecule has 1 aliphatic heterocycles. The van der Waals surface area contributed by atoms with Gasteiger partial charge >= 0.3 is 0 Å². The molecule has 0 bridgehead atoms. The van der Waals surface area contributed by atoms with Gasteiger partial charge in [-0.15, -0.1) is 0 Å². The Bertz CT molecular complexity index is 226. The number of nitrogens with zero attached hydrogens (tertiary/aromatic N) is 1. The second kappa shape index (κ2) is 8.93. The molecule has 0 spiro atoms. The monoisotopic (exact) mass is 269 g/mol. The minimum atomic E-state index is 0.224. The quantitative estimate of drug-likeness (QED) is 0.383. The average molecular weight is 269 g/mol. The Kier molecular flexibility index (Phi) is 7.96. The van der Waals surface area contributed by atoms with Gasteiger partial charge in [0.05, 0.1) is 0 Å². The van der Waals surface area contributed by atoms with Gasteiger partial charge in [-0.25, -0.2) is 0 Å². The molecule has 19 heavy (non-hydrogen) atoms. The molecular weight excluding hydrogens is 234 g/mol. The number of hydrogen-bond acceptors (Lipinski definition) is 3. The number of unbranched alkanes of at least 4 members (excludes halogenated alkanes) is 3. The fourth-order valence-corrected chi connectivity index (χ4v) is 3.44. The Morgan fingerprint density at radius 3 is 2.32 bits per heavy atom. The van der Waals surface area contributed by atoms with Gasteiger partial charge in [-0.2, -0.15) is 0 Å². The summed E-state index contributed by atoms with van der Waals surface area (Å²) in [6, 6.07) is 0.424. The third kappa shape index (κ3) is 4.73. The van der Waals surface area contributed by atoms with Crippen LogP contribution in [-0.2, 0) is 0 Å². The Hall–Kier alpha value is -0.120. The zero-order valence-corrected chi connectivity index (χ0v) is 13.4. The summed E-state index contributed by atoms with van der Waals surface area (Å²) in [5.41, 5.74) is 3.35. The van der Waals surface area contributed by atoms with E-state index in [9.17, 15) is 0 Å². The molecule has 0 amide bonds. The highest BCUT2D eigenvalue weighted by molar-refractivity contribution is 4.96. The van der Waals surface area contributed by atoms with Gasteiger partial charge < -0.3 is 0 Å². The van der Waals surface area contributed by atoms with Crippen LogP contribution in [0.25, 0.3) is 0 Å². The van der Waals surface area contributed by atoms with Crippen molar-refractivity contribution in [2.75, 3.05) is 13.1 Å². The van der Waals surface area contributed by atoms with Crippen LogP contribution in [0.4, 0.5) is 0 Å². The van der Waals surface area contributed by atoms with E-state index >= 15 is 0 Å². The zero-order chi connectivity index (χ0) is 14.1. The van der Waals surface area contributed by atoms with Crippen LogP contribution in [-0.4, -0.2) is 29.6 Å². The van der Waals surface area contributed by atoms with Gasteiger partial charge in [0.2, 0.25) is 0 Å². The molecule has 1 fully saturated rings. The summed E-state index contributed by atoms with van der Waals surface area (Å²) < 4.78 is 0. The molecule has 0 saturated carbocycles. The van der Waals surface area contributed by atoms with Crippen LogP contribution in [0.2, 0.25) is 0 Å². The average Bonchev–Trinajstić information content (AvgIpc) is 2.47. The van der Waals surface area contributed by atoms with Gasteiger partial charge in [0.25, 0.3) is 0 Å². The van der Waals surface area contributed by atoms with E-state index < -0.39 is 0 Å². The first-order valence-corrected chi connectivity index (χ1v) is 8.40. The van der Waals surface area contributed by atoms with Crippen LogP contribution in [0.1, 0.15) is 78.6 Å². The second-order valence-electron chi connectivity index (χ2n) is 6.33. The number of piperidine rings is 1. The van der Waals surface area contributed by atoms with Crippen molar-refractivity contribution in [2.24, 2.45) is 5.84 Å². The molecule has 1 saturated heterocycles.